The van der Waals surface area contributed by atoms with E-state index in [1.807, 2.05) is 19.1 Å². The number of nitrogens with zero attached hydrogens (tertiary/aromatic N) is 1. The molecule has 0 saturated heterocycles. The topological polar surface area (TPSA) is 78.8 Å². The van der Waals surface area contributed by atoms with Crippen LogP contribution in [0, 0.1) is 24.2 Å². The molecule has 5 rings (SSSR count). The maximum Gasteiger partial charge on any atom is 0.276 e. The average molecular weight is 439 g/mol. The summed E-state index contributed by atoms with van der Waals surface area (Å²) >= 11 is 0. The molecule has 2 fully saturated rings. The molecule has 3 aliphatic rings. The molecule has 4 atom stereocenters. The lowest BCUT2D eigenvalue weighted by Crippen LogP contribution is -2.43. The molecular weight excluding hydrogens is 408 g/mol. The largest absolute Gasteiger partial charge is 0.508 e. The highest BCUT2D eigenvalue weighted by Gasteiger charge is 2.53. The molecular formula is C25H30N2O3S. The molecule has 2 N–H and O–H groups in total. The van der Waals surface area contributed by atoms with Crippen molar-refractivity contribution in [2.75, 3.05) is 0 Å². The molecule has 0 aromatic heterocycles. The summed E-state index contributed by atoms with van der Waals surface area (Å²) in [5.74, 6) is 2.01. The number of aromatic hydroxyl groups is 1. The normalized spacial score (nSPS) is 31.0. The first-order valence-electron chi connectivity index (χ1n) is 11.3. The molecule has 0 aliphatic heterocycles. The van der Waals surface area contributed by atoms with Crippen LogP contribution in [0.3, 0.4) is 0 Å². The number of benzene rings is 2. The Balaban J connectivity index is 1.38. The Labute approximate surface area is 184 Å². The van der Waals surface area contributed by atoms with E-state index in [1.165, 1.54) is 11.1 Å². The number of fused-ring (bicyclic) bond motifs is 5. The van der Waals surface area contributed by atoms with Gasteiger partial charge in [-0.3, -0.25) is 0 Å². The minimum atomic E-state index is -3.66. The summed E-state index contributed by atoms with van der Waals surface area (Å²) in [6.45, 7) is 4.22. The number of hydrogen-bond donors (Lipinski definition) is 2. The van der Waals surface area contributed by atoms with Crippen molar-refractivity contribution in [1.29, 1.82) is 0 Å². The van der Waals surface area contributed by atoms with E-state index in [0.717, 1.165) is 49.8 Å². The smallest absolute Gasteiger partial charge is 0.276 e. The van der Waals surface area contributed by atoms with Gasteiger partial charge in [-0.25, -0.2) is 4.83 Å². The lowest BCUT2D eigenvalue weighted by atomic mass is 9.55. The van der Waals surface area contributed by atoms with Crippen molar-refractivity contribution in [3.05, 3.63) is 59.2 Å². The van der Waals surface area contributed by atoms with Crippen LogP contribution >= 0.6 is 0 Å². The van der Waals surface area contributed by atoms with E-state index in [9.17, 15) is 13.5 Å². The highest BCUT2D eigenvalue weighted by Crippen LogP contribution is 2.59. The second-order valence-corrected chi connectivity index (χ2v) is 11.4. The number of hydrazone groups is 1. The number of hydrogen-bond acceptors (Lipinski definition) is 4. The second-order valence-electron chi connectivity index (χ2n) is 9.76. The molecule has 0 heterocycles. The SMILES string of the molecule is Cc1ccc(S(=O)(=O)N/N=C2/CC[C@H]3[C@H]4CCc5cc(O)ccc5[C@H]4CC[C@]23C)cc1. The van der Waals surface area contributed by atoms with Crippen molar-refractivity contribution in [2.24, 2.45) is 22.4 Å². The van der Waals surface area contributed by atoms with Gasteiger partial charge in [0.05, 0.1) is 4.90 Å². The Kier molecular flexibility index (Phi) is 4.88. The number of rotatable bonds is 3. The summed E-state index contributed by atoms with van der Waals surface area (Å²) < 4.78 is 25.4. The molecule has 2 aromatic carbocycles. The van der Waals surface area contributed by atoms with Crippen molar-refractivity contribution >= 4 is 15.7 Å². The first kappa shape index (κ1) is 20.6. The van der Waals surface area contributed by atoms with Crippen molar-refractivity contribution in [1.82, 2.24) is 4.83 Å². The number of sulfonamides is 1. The molecule has 164 valence electrons. The maximum atomic E-state index is 12.7. The molecule has 6 heteroatoms. The molecule has 2 saturated carbocycles. The monoisotopic (exact) mass is 438 g/mol. The third-order valence-corrected chi connectivity index (χ3v) is 9.31. The Morgan fingerprint density at radius 1 is 1.06 bits per heavy atom. The van der Waals surface area contributed by atoms with Crippen molar-refractivity contribution in [2.45, 2.75) is 63.2 Å². The predicted molar refractivity (Wildman–Crippen MR) is 122 cm³/mol. The van der Waals surface area contributed by atoms with Crippen LogP contribution in [0.2, 0.25) is 0 Å². The predicted octanol–water partition coefficient (Wildman–Crippen LogP) is 4.89. The fraction of sp³-hybridized carbons (Fsp3) is 0.480. The quantitative estimate of drug-likeness (QED) is 0.670. The Hall–Kier alpha value is -2.34. The minimum absolute atomic E-state index is 0.0502. The molecule has 31 heavy (non-hydrogen) atoms. The number of nitrogens with one attached hydrogen (secondary N) is 1. The molecule has 0 radical (unpaired) electrons. The van der Waals surface area contributed by atoms with Crippen LogP contribution in [0.4, 0.5) is 0 Å². The summed E-state index contributed by atoms with van der Waals surface area (Å²) in [5, 5.41) is 14.3. The van der Waals surface area contributed by atoms with E-state index in [1.54, 1.807) is 24.3 Å². The Morgan fingerprint density at radius 2 is 1.84 bits per heavy atom. The van der Waals surface area contributed by atoms with Crippen molar-refractivity contribution in [3.63, 3.8) is 0 Å². The summed E-state index contributed by atoms with van der Waals surface area (Å²) in [7, 11) is -3.66. The average Bonchev–Trinajstić information content (AvgIpc) is 3.08. The van der Waals surface area contributed by atoms with E-state index >= 15 is 0 Å². The Bertz CT molecular complexity index is 1140. The molecule has 5 nitrogen and oxygen atoms in total. The fourth-order valence-corrected chi connectivity index (χ4v) is 7.26. The summed E-state index contributed by atoms with van der Waals surface area (Å²) in [6.07, 6.45) is 6.15. The number of phenols is 1. The standard InChI is InChI=1S/C25H30N2O3S/c1-16-3-7-19(8-4-16)31(29,30)27-26-24-12-11-23-22-9-5-17-15-18(28)6-10-20(17)21(22)13-14-25(23,24)2/h3-4,6-8,10,15,21-23,27-28H,5,9,11-14H2,1-2H3/b26-24-/t21-,22+,23+,25+/m1/s1. The van der Waals surface area contributed by atoms with Crippen LogP contribution < -0.4 is 4.83 Å². The van der Waals surface area contributed by atoms with Gasteiger partial charge in [-0.15, -0.1) is 0 Å². The Morgan fingerprint density at radius 3 is 2.61 bits per heavy atom. The summed E-state index contributed by atoms with van der Waals surface area (Å²) in [6, 6.07) is 12.7. The van der Waals surface area contributed by atoms with E-state index in [2.05, 4.69) is 22.9 Å². The van der Waals surface area contributed by atoms with Gasteiger partial charge in [0.15, 0.2) is 0 Å². The third-order valence-electron chi connectivity index (χ3n) is 8.08. The molecule has 3 aliphatic carbocycles. The first-order valence-corrected chi connectivity index (χ1v) is 12.7. The van der Waals surface area contributed by atoms with Gasteiger partial charge in [0.1, 0.15) is 5.75 Å². The fourth-order valence-electron chi connectivity index (χ4n) is 6.43. The lowest BCUT2D eigenvalue weighted by Gasteiger charge is -2.49. The van der Waals surface area contributed by atoms with Gasteiger partial charge < -0.3 is 5.11 Å². The molecule has 0 spiro atoms. The highest BCUT2D eigenvalue weighted by molar-refractivity contribution is 7.89. The zero-order valence-corrected chi connectivity index (χ0v) is 19.0. The van der Waals surface area contributed by atoms with Gasteiger partial charge >= 0.3 is 0 Å². The van der Waals surface area contributed by atoms with Crippen molar-refractivity contribution in [3.8, 4) is 5.75 Å². The first-order chi connectivity index (χ1) is 14.8. The van der Waals surface area contributed by atoms with Crippen molar-refractivity contribution < 1.29 is 13.5 Å². The van der Waals surface area contributed by atoms with Crippen LogP contribution in [0.25, 0.3) is 0 Å². The summed E-state index contributed by atoms with van der Waals surface area (Å²) in [4.78, 5) is 2.77. The van der Waals surface area contributed by atoms with E-state index in [-0.39, 0.29) is 10.3 Å². The van der Waals surface area contributed by atoms with Crippen LogP contribution in [-0.2, 0) is 16.4 Å². The zero-order chi connectivity index (χ0) is 21.8. The minimum Gasteiger partial charge on any atom is -0.508 e. The second kappa shape index (κ2) is 7.37. The van der Waals surface area contributed by atoms with Gasteiger partial charge in [0, 0.05) is 11.1 Å². The van der Waals surface area contributed by atoms with Crippen LogP contribution in [0.5, 0.6) is 5.75 Å². The molecule has 2 aromatic rings. The van der Waals surface area contributed by atoms with Gasteiger partial charge in [-0.05, 0) is 98.6 Å². The number of aryl methyl sites for hydroxylation is 2. The van der Waals surface area contributed by atoms with Gasteiger partial charge in [-0.1, -0.05) is 30.7 Å². The van der Waals surface area contributed by atoms with Gasteiger partial charge in [0.2, 0.25) is 0 Å². The third kappa shape index (κ3) is 3.45. The van der Waals surface area contributed by atoms with E-state index in [4.69, 9.17) is 0 Å². The molecule has 0 bridgehead atoms. The lowest BCUT2D eigenvalue weighted by molar-refractivity contribution is 0.0954. The van der Waals surface area contributed by atoms with Gasteiger partial charge in [0.25, 0.3) is 10.0 Å². The molecule has 0 unspecified atom stereocenters. The molecule has 0 amide bonds. The van der Waals surface area contributed by atoms with Crippen LogP contribution in [0.15, 0.2) is 52.5 Å². The summed E-state index contributed by atoms with van der Waals surface area (Å²) in [5.41, 5.74) is 4.68. The van der Waals surface area contributed by atoms with E-state index < -0.39 is 10.0 Å². The highest BCUT2D eigenvalue weighted by atomic mass is 32.2. The number of phenolic OH excluding ortho intramolecular Hbond substituents is 1. The van der Waals surface area contributed by atoms with Crippen LogP contribution in [-0.4, -0.2) is 19.2 Å². The maximum absolute atomic E-state index is 12.7. The van der Waals surface area contributed by atoms with Gasteiger partial charge in [-0.2, -0.15) is 13.5 Å². The van der Waals surface area contributed by atoms with E-state index in [0.29, 0.717) is 23.5 Å². The van der Waals surface area contributed by atoms with Crippen LogP contribution in [0.1, 0.15) is 61.6 Å². The zero-order valence-electron chi connectivity index (χ0n) is 18.1.